The first kappa shape index (κ1) is 13.6. The van der Waals surface area contributed by atoms with Crippen LogP contribution >= 0.6 is 0 Å². The Bertz CT molecular complexity index is 583. The van der Waals surface area contributed by atoms with Crippen molar-refractivity contribution in [3.63, 3.8) is 0 Å². The van der Waals surface area contributed by atoms with Crippen LogP contribution in [0.1, 0.15) is 25.3 Å². The molecule has 0 radical (unpaired) electrons. The normalized spacial score (nSPS) is 19.3. The molecule has 1 saturated heterocycles. The summed E-state index contributed by atoms with van der Waals surface area (Å²) in [4.78, 5) is 2.57. The summed E-state index contributed by atoms with van der Waals surface area (Å²) in [6.07, 6.45) is 2.47. The highest BCUT2D eigenvalue weighted by Gasteiger charge is 2.27. The highest BCUT2D eigenvalue weighted by Crippen LogP contribution is 2.23. The second-order valence-electron chi connectivity index (χ2n) is 6.27. The van der Waals surface area contributed by atoms with Crippen molar-refractivity contribution in [1.82, 2.24) is 10.2 Å². The zero-order valence-electron chi connectivity index (χ0n) is 12.5. The van der Waals surface area contributed by atoms with Crippen LogP contribution in [0.15, 0.2) is 42.5 Å². The third kappa shape index (κ3) is 2.87. The average molecular weight is 268 g/mol. The lowest BCUT2D eigenvalue weighted by Crippen LogP contribution is -2.49. The maximum Gasteiger partial charge on any atom is 0.0233 e. The number of rotatable bonds is 3. The van der Waals surface area contributed by atoms with Gasteiger partial charge in [-0.1, -0.05) is 36.4 Å². The first-order chi connectivity index (χ1) is 9.68. The number of hydrogen-bond donors (Lipinski definition) is 1. The third-order valence-electron chi connectivity index (χ3n) is 4.78. The van der Waals surface area contributed by atoms with Crippen molar-refractivity contribution in [2.45, 2.75) is 31.8 Å². The van der Waals surface area contributed by atoms with Crippen LogP contribution in [0.2, 0.25) is 0 Å². The number of piperidine rings is 1. The highest BCUT2D eigenvalue weighted by molar-refractivity contribution is 5.82. The molecule has 0 saturated carbocycles. The molecule has 3 rings (SSSR count). The Morgan fingerprint density at radius 2 is 1.75 bits per heavy atom. The Balaban J connectivity index is 1.68. The van der Waals surface area contributed by atoms with Crippen molar-refractivity contribution in [3.8, 4) is 0 Å². The van der Waals surface area contributed by atoms with Crippen LogP contribution in [0.3, 0.4) is 0 Å². The van der Waals surface area contributed by atoms with Crippen LogP contribution < -0.4 is 5.32 Å². The molecule has 20 heavy (non-hydrogen) atoms. The van der Waals surface area contributed by atoms with Gasteiger partial charge in [-0.05, 0) is 49.2 Å². The van der Waals surface area contributed by atoms with Gasteiger partial charge in [-0.25, -0.2) is 0 Å². The van der Waals surface area contributed by atoms with E-state index in [1.54, 1.807) is 0 Å². The van der Waals surface area contributed by atoms with Gasteiger partial charge in [0.15, 0.2) is 0 Å². The van der Waals surface area contributed by atoms with Crippen molar-refractivity contribution in [2.75, 3.05) is 20.1 Å². The van der Waals surface area contributed by atoms with Gasteiger partial charge in [0.05, 0.1) is 0 Å². The summed E-state index contributed by atoms with van der Waals surface area (Å²) >= 11 is 0. The van der Waals surface area contributed by atoms with Gasteiger partial charge < -0.3 is 5.32 Å². The molecule has 106 valence electrons. The molecule has 2 nitrogen and oxygen atoms in total. The minimum Gasteiger partial charge on any atom is -0.314 e. The zero-order valence-corrected chi connectivity index (χ0v) is 12.5. The lowest BCUT2D eigenvalue weighted by Gasteiger charge is -2.39. The number of nitrogens with one attached hydrogen (secondary N) is 1. The first-order valence-corrected chi connectivity index (χ1v) is 7.57. The van der Waals surface area contributed by atoms with Gasteiger partial charge in [0.25, 0.3) is 0 Å². The molecule has 0 unspecified atom stereocenters. The van der Waals surface area contributed by atoms with E-state index < -0.39 is 0 Å². The van der Waals surface area contributed by atoms with Crippen molar-refractivity contribution >= 4 is 10.8 Å². The monoisotopic (exact) mass is 268 g/mol. The largest absolute Gasteiger partial charge is 0.314 e. The van der Waals surface area contributed by atoms with Crippen LogP contribution in [-0.4, -0.2) is 30.6 Å². The number of likely N-dealkylation sites (tertiary alicyclic amines) is 1. The van der Waals surface area contributed by atoms with Crippen LogP contribution in [0.4, 0.5) is 0 Å². The van der Waals surface area contributed by atoms with Crippen LogP contribution in [0.5, 0.6) is 0 Å². The molecular weight excluding hydrogens is 244 g/mol. The van der Waals surface area contributed by atoms with E-state index in [-0.39, 0.29) is 0 Å². The van der Waals surface area contributed by atoms with Crippen LogP contribution in [0.25, 0.3) is 10.8 Å². The van der Waals surface area contributed by atoms with Crippen LogP contribution in [0, 0.1) is 0 Å². The highest BCUT2D eigenvalue weighted by atomic mass is 15.1. The second-order valence-corrected chi connectivity index (χ2v) is 6.27. The number of hydrogen-bond acceptors (Lipinski definition) is 2. The van der Waals surface area contributed by atoms with E-state index in [1.807, 2.05) is 0 Å². The molecule has 1 fully saturated rings. The summed E-state index contributed by atoms with van der Waals surface area (Å²) in [5.74, 6) is 0. The van der Waals surface area contributed by atoms with Gasteiger partial charge in [-0.3, -0.25) is 4.90 Å². The summed E-state index contributed by atoms with van der Waals surface area (Å²) < 4.78 is 0. The minimum absolute atomic E-state index is 0.333. The maximum atomic E-state index is 3.46. The van der Waals surface area contributed by atoms with Crippen LogP contribution in [-0.2, 0) is 6.54 Å². The van der Waals surface area contributed by atoms with Crippen molar-refractivity contribution in [1.29, 1.82) is 0 Å². The maximum absolute atomic E-state index is 3.46. The van der Waals surface area contributed by atoms with E-state index >= 15 is 0 Å². The molecule has 1 heterocycles. The molecule has 0 amide bonds. The van der Waals surface area contributed by atoms with E-state index in [0.29, 0.717) is 5.54 Å². The standard InChI is InChI=1S/C18H24N2/c1-18(19-2)9-11-20(12-10-18)14-15-7-8-16-5-3-4-6-17(16)13-15/h3-8,13,19H,9-12,14H2,1-2H3. The van der Waals surface area contributed by atoms with Gasteiger partial charge in [-0.2, -0.15) is 0 Å². The number of nitrogens with zero attached hydrogens (tertiary/aromatic N) is 1. The van der Waals surface area contributed by atoms with Gasteiger partial charge in [0.1, 0.15) is 0 Å². The number of benzene rings is 2. The molecular formula is C18H24N2. The van der Waals surface area contributed by atoms with E-state index in [4.69, 9.17) is 0 Å². The molecule has 0 bridgehead atoms. The summed E-state index contributed by atoms with van der Waals surface area (Å²) in [5.41, 5.74) is 1.76. The molecule has 0 aliphatic carbocycles. The smallest absolute Gasteiger partial charge is 0.0233 e. The fourth-order valence-corrected chi connectivity index (χ4v) is 3.05. The minimum atomic E-state index is 0.333. The Labute approximate surface area is 121 Å². The summed E-state index contributed by atoms with van der Waals surface area (Å²) in [6.45, 7) is 5.78. The predicted octanol–water partition coefficient (Wildman–Crippen LogP) is 3.41. The number of fused-ring (bicyclic) bond motifs is 1. The molecule has 2 aromatic rings. The van der Waals surface area contributed by atoms with E-state index in [2.05, 4.69) is 66.7 Å². The lowest BCUT2D eigenvalue weighted by atomic mass is 9.89. The van der Waals surface area contributed by atoms with E-state index in [1.165, 1.54) is 42.3 Å². The molecule has 1 aliphatic rings. The van der Waals surface area contributed by atoms with Gasteiger partial charge >= 0.3 is 0 Å². The topological polar surface area (TPSA) is 15.3 Å². The lowest BCUT2D eigenvalue weighted by molar-refractivity contribution is 0.146. The Kier molecular flexibility index (Phi) is 3.77. The quantitative estimate of drug-likeness (QED) is 0.917. The SMILES string of the molecule is CNC1(C)CCN(Cc2ccc3ccccc3c2)CC1. The third-order valence-corrected chi connectivity index (χ3v) is 4.78. The molecule has 0 spiro atoms. The molecule has 0 atom stereocenters. The molecule has 1 N–H and O–H groups in total. The Morgan fingerprint density at radius 3 is 2.45 bits per heavy atom. The van der Waals surface area contributed by atoms with E-state index in [0.717, 1.165) is 6.54 Å². The fourth-order valence-electron chi connectivity index (χ4n) is 3.05. The van der Waals surface area contributed by atoms with Crippen molar-refractivity contribution < 1.29 is 0 Å². The fraction of sp³-hybridized carbons (Fsp3) is 0.444. The van der Waals surface area contributed by atoms with Crippen molar-refractivity contribution in [2.24, 2.45) is 0 Å². The second kappa shape index (κ2) is 5.55. The summed E-state index contributed by atoms with van der Waals surface area (Å²) in [6, 6.07) is 15.4. The average Bonchev–Trinajstić information content (AvgIpc) is 2.50. The van der Waals surface area contributed by atoms with Crippen molar-refractivity contribution in [3.05, 3.63) is 48.0 Å². The molecule has 2 aromatic carbocycles. The summed E-state index contributed by atoms with van der Waals surface area (Å²) in [7, 11) is 2.08. The zero-order chi connectivity index (χ0) is 14.0. The molecule has 1 aliphatic heterocycles. The van der Waals surface area contributed by atoms with Gasteiger partial charge in [-0.15, -0.1) is 0 Å². The summed E-state index contributed by atoms with van der Waals surface area (Å²) in [5, 5.41) is 6.14. The van der Waals surface area contributed by atoms with Gasteiger partial charge in [0.2, 0.25) is 0 Å². The molecule has 0 aromatic heterocycles. The predicted molar refractivity (Wildman–Crippen MR) is 85.9 cm³/mol. The Morgan fingerprint density at radius 1 is 1.05 bits per heavy atom. The Hall–Kier alpha value is -1.38. The molecule has 2 heteroatoms. The van der Waals surface area contributed by atoms with Gasteiger partial charge in [0, 0.05) is 25.2 Å². The van der Waals surface area contributed by atoms with E-state index in [9.17, 15) is 0 Å². The first-order valence-electron chi connectivity index (χ1n) is 7.57.